The van der Waals surface area contributed by atoms with Crippen molar-refractivity contribution in [2.24, 2.45) is 0 Å². The molecule has 0 unspecified atom stereocenters. The fourth-order valence-corrected chi connectivity index (χ4v) is 2.88. The molecular weight excluding hydrogens is 386 g/mol. The van der Waals surface area contributed by atoms with Gasteiger partial charge in [0.25, 0.3) is 5.91 Å². The van der Waals surface area contributed by atoms with E-state index in [-0.39, 0.29) is 23.8 Å². The van der Waals surface area contributed by atoms with Crippen molar-refractivity contribution in [2.75, 3.05) is 10.6 Å². The maximum Gasteiger partial charge on any atom is 0.276 e. The van der Waals surface area contributed by atoms with E-state index in [9.17, 15) is 9.59 Å². The highest BCUT2D eigenvalue weighted by Crippen LogP contribution is 2.20. The summed E-state index contributed by atoms with van der Waals surface area (Å²) in [6.45, 7) is 0. The summed E-state index contributed by atoms with van der Waals surface area (Å²) in [6.07, 6.45) is 1.61. The minimum Gasteiger partial charge on any atom is -0.326 e. The van der Waals surface area contributed by atoms with E-state index < -0.39 is 0 Å². The maximum atomic E-state index is 12.2. The predicted octanol–water partition coefficient (Wildman–Crippen LogP) is 3.50. The van der Waals surface area contributed by atoms with Gasteiger partial charge in [0.15, 0.2) is 0 Å². The first-order valence-corrected chi connectivity index (χ1v) is 9.01. The Morgan fingerprint density at radius 3 is 2.70 bits per heavy atom. The molecule has 0 aliphatic rings. The number of hydrogen-bond acceptors (Lipinski definition) is 6. The highest BCUT2D eigenvalue weighted by molar-refractivity contribution is 7.07. The lowest BCUT2D eigenvalue weighted by atomic mass is 10.2. The van der Waals surface area contributed by atoms with E-state index in [0.717, 1.165) is 0 Å². The van der Waals surface area contributed by atoms with E-state index >= 15 is 0 Å². The van der Waals surface area contributed by atoms with Crippen LogP contribution in [0, 0.1) is 11.3 Å². The first-order chi connectivity index (χ1) is 13.0. The van der Waals surface area contributed by atoms with Crippen LogP contribution in [0.25, 0.3) is 0 Å². The molecule has 3 rings (SSSR count). The number of pyridine rings is 1. The average molecular weight is 398 g/mol. The average Bonchev–Trinajstić information content (AvgIpc) is 3.20. The van der Waals surface area contributed by atoms with Crippen LogP contribution in [-0.2, 0) is 11.2 Å². The van der Waals surface area contributed by atoms with Crippen molar-refractivity contribution in [1.82, 2.24) is 9.97 Å². The summed E-state index contributed by atoms with van der Waals surface area (Å²) in [4.78, 5) is 32.1. The number of carbonyl (C=O) groups excluding carboxylic acids is 2. The zero-order chi connectivity index (χ0) is 19.2. The van der Waals surface area contributed by atoms with Gasteiger partial charge in [0.2, 0.25) is 5.91 Å². The van der Waals surface area contributed by atoms with Crippen molar-refractivity contribution in [3.05, 3.63) is 69.3 Å². The van der Waals surface area contributed by atoms with Crippen LogP contribution in [0.5, 0.6) is 0 Å². The monoisotopic (exact) mass is 397 g/mol. The number of amides is 2. The topological polar surface area (TPSA) is 108 Å². The third-order valence-electron chi connectivity index (χ3n) is 3.47. The zero-order valence-corrected chi connectivity index (χ0v) is 15.3. The molecule has 0 bridgehead atoms. The Bertz CT molecular complexity index is 1010. The van der Waals surface area contributed by atoms with Gasteiger partial charge in [-0.3, -0.25) is 9.59 Å². The zero-order valence-electron chi connectivity index (χ0n) is 13.8. The molecule has 0 atom stereocenters. The minimum atomic E-state index is -0.342. The molecule has 27 heavy (non-hydrogen) atoms. The summed E-state index contributed by atoms with van der Waals surface area (Å²) in [7, 11) is 0. The van der Waals surface area contributed by atoms with Crippen molar-refractivity contribution in [1.29, 1.82) is 5.26 Å². The van der Waals surface area contributed by atoms with Crippen molar-refractivity contribution in [2.45, 2.75) is 6.42 Å². The van der Waals surface area contributed by atoms with E-state index in [0.29, 0.717) is 27.8 Å². The standard InChI is InChI=1S/C18H12ClN5O2S/c19-14-3-2-13(6-12(14)7-20)23-17(25)5-11-1-4-16(21-8-11)24-18(26)15-9-27-10-22-15/h1-4,6,8-10H,5H2,(H,23,25)(H,21,24,26). The third kappa shape index (κ3) is 4.88. The van der Waals surface area contributed by atoms with Gasteiger partial charge in [-0.2, -0.15) is 5.26 Å². The van der Waals surface area contributed by atoms with Crippen LogP contribution in [0.15, 0.2) is 47.4 Å². The molecule has 1 aromatic carbocycles. The van der Waals surface area contributed by atoms with Crippen LogP contribution in [-0.4, -0.2) is 21.8 Å². The third-order valence-corrected chi connectivity index (χ3v) is 4.38. The number of aromatic nitrogens is 2. The molecule has 0 spiro atoms. The summed E-state index contributed by atoms with van der Waals surface area (Å²) in [5.41, 5.74) is 3.35. The Kier molecular flexibility index (Phi) is 5.76. The van der Waals surface area contributed by atoms with Crippen LogP contribution >= 0.6 is 22.9 Å². The van der Waals surface area contributed by atoms with E-state index in [2.05, 4.69) is 20.6 Å². The second-order valence-corrected chi connectivity index (χ2v) is 6.54. The lowest BCUT2D eigenvalue weighted by Crippen LogP contribution is -2.15. The molecule has 0 radical (unpaired) electrons. The van der Waals surface area contributed by atoms with Crippen LogP contribution in [0.4, 0.5) is 11.5 Å². The van der Waals surface area contributed by atoms with Gasteiger partial charge in [0, 0.05) is 17.3 Å². The van der Waals surface area contributed by atoms with Crippen LogP contribution in [0.2, 0.25) is 5.02 Å². The molecular formula is C18H12ClN5O2S. The summed E-state index contributed by atoms with van der Waals surface area (Å²) in [6, 6.07) is 9.96. The van der Waals surface area contributed by atoms with Gasteiger partial charge in [-0.15, -0.1) is 11.3 Å². The quantitative estimate of drug-likeness (QED) is 0.685. The number of anilines is 2. The van der Waals surface area contributed by atoms with Gasteiger partial charge in [0.1, 0.15) is 17.6 Å². The molecule has 7 nitrogen and oxygen atoms in total. The summed E-state index contributed by atoms with van der Waals surface area (Å²) >= 11 is 7.20. The fraction of sp³-hybridized carbons (Fsp3) is 0.0556. The predicted molar refractivity (Wildman–Crippen MR) is 103 cm³/mol. The molecule has 2 aromatic heterocycles. The van der Waals surface area contributed by atoms with Crippen molar-refractivity contribution in [3.63, 3.8) is 0 Å². The number of halogens is 1. The molecule has 9 heteroatoms. The number of rotatable bonds is 5. The summed E-state index contributed by atoms with van der Waals surface area (Å²) in [5.74, 6) is -0.235. The smallest absolute Gasteiger partial charge is 0.276 e. The Balaban J connectivity index is 1.58. The lowest BCUT2D eigenvalue weighted by molar-refractivity contribution is -0.115. The molecule has 0 fully saturated rings. The molecule has 2 amide bonds. The van der Waals surface area contributed by atoms with Gasteiger partial charge in [-0.1, -0.05) is 17.7 Å². The van der Waals surface area contributed by atoms with Gasteiger partial charge >= 0.3 is 0 Å². The highest BCUT2D eigenvalue weighted by Gasteiger charge is 2.10. The lowest BCUT2D eigenvalue weighted by Gasteiger charge is -2.07. The number of nitrogens with zero attached hydrogens (tertiary/aromatic N) is 3. The first kappa shape index (κ1) is 18.5. The number of carbonyl (C=O) groups is 2. The Hall–Kier alpha value is -3.28. The number of thiazole rings is 1. The van der Waals surface area contributed by atoms with E-state index in [1.165, 1.54) is 23.6 Å². The molecule has 134 valence electrons. The van der Waals surface area contributed by atoms with Crippen LogP contribution in [0.1, 0.15) is 21.6 Å². The Labute approximate surface area is 163 Å². The largest absolute Gasteiger partial charge is 0.326 e. The number of nitrogens with one attached hydrogen (secondary N) is 2. The first-order valence-electron chi connectivity index (χ1n) is 7.69. The number of nitriles is 1. The normalized spacial score (nSPS) is 10.1. The Morgan fingerprint density at radius 2 is 2.04 bits per heavy atom. The van der Waals surface area contributed by atoms with Gasteiger partial charge in [-0.05, 0) is 29.8 Å². The van der Waals surface area contributed by atoms with Gasteiger partial charge in [-0.25, -0.2) is 9.97 Å². The molecule has 2 N–H and O–H groups in total. The molecule has 3 aromatic rings. The van der Waals surface area contributed by atoms with E-state index in [4.69, 9.17) is 16.9 Å². The van der Waals surface area contributed by atoms with Crippen molar-refractivity contribution >= 4 is 46.3 Å². The van der Waals surface area contributed by atoms with E-state index in [1.807, 2.05) is 6.07 Å². The molecule has 0 aliphatic carbocycles. The van der Waals surface area contributed by atoms with Crippen molar-refractivity contribution in [3.8, 4) is 6.07 Å². The molecule has 0 saturated carbocycles. The maximum absolute atomic E-state index is 12.2. The van der Waals surface area contributed by atoms with Gasteiger partial charge < -0.3 is 10.6 Å². The minimum absolute atomic E-state index is 0.0951. The second-order valence-electron chi connectivity index (χ2n) is 5.41. The number of hydrogen-bond donors (Lipinski definition) is 2. The van der Waals surface area contributed by atoms with Crippen LogP contribution in [0.3, 0.4) is 0 Å². The fourth-order valence-electron chi connectivity index (χ4n) is 2.19. The molecule has 0 aliphatic heterocycles. The summed E-state index contributed by atoms with van der Waals surface area (Å²) in [5, 5.41) is 16.3. The highest BCUT2D eigenvalue weighted by atomic mass is 35.5. The van der Waals surface area contributed by atoms with Gasteiger partial charge in [0.05, 0.1) is 22.5 Å². The summed E-state index contributed by atoms with van der Waals surface area (Å²) < 4.78 is 0. The SMILES string of the molecule is N#Cc1cc(NC(=O)Cc2ccc(NC(=O)c3cscn3)nc2)ccc1Cl. The number of benzene rings is 1. The van der Waals surface area contributed by atoms with Crippen LogP contribution < -0.4 is 10.6 Å². The van der Waals surface area contributed by atoms with Crippen molar-refractivity contribution < 1.29 is 9.59 Å². The molecule has 2 heterocycles. The van der Waals surface area contributed by atoms with E-state index in [1.54, 1.807) is 35.2 Å². The molecule has 0 saturated heterocycles. The Morgan fingerprint density at radius 1 is 1.19 bits per heavy atom. The second kappa shape index (κ2) is 8.40.